The van der Waals surface area contributed by atoms with Gasteiger partial charge in [0.2, 0.25) is 0 Å². The van der Waals surface area contributed by atoms with Crippen LogP contribution >= 0.6 is 11.6 Å². The lowest BCUT2D eigenvalue weighted by Gasteiger charge is -2.19. The third-order valence-electron chi connectivity index (χ3n) is 3.71. The molecule has 2 rings (SSSR count). The number of halogens is 1. The molecular weight excluding hydrogens is 278 g/mol. The van der Waals surface area contributed by atoms with E-state index in [0.29, 0.717) is 6.04 Å². The van der Waals surface area contributed by atoms with Crippen LogP contribution in [0.4, 0.5) is 0 Å². The van der Waals surface area contributed by atoms with Crippen molar-refractivity contribution in [3.8, 4) is 0 Å². The van der Waals surface area contributed by atoms with Gasteiger partial charge in [0, 0.05) is 11.1 Å². The molecule has 0 aliphatic heterocycles. The molecule has 1 N–H and O–H groups in total. The van der Waals surface area contributed by atoms with Crippen molar-refractivity contribution in [3.05, 3.63) is 70.2 Å². The van der Waals surface area contributed by atoms with Crippen LogP contribution < -0.4 is 5.32 Å². The standard InChI is InChI=1S/C19H24ClN/c1-3-12-21-18(13-16-10-8-15(2)9-11-16)14-17-6-4-5-7-19(17)20/h4-11,18,21H,3,12-14H2,1-2H3. The molecule has 21 heavy (non-hydrogen) atoms. The molecule has 0 aromatic heterocycles. The van der Waals surface area contributed by atoms with Crippen LogP contribution in [0.25, 0.3) is 0 Å². The number of nitrogens with one attached hydrogen (secondary N) is 1. The number of hydrogen-bond donors (Lipinski definition) is 1. The van der Waals surface area contributed by atoms with Crippen LogP contribution in [-0.4, -0.2) is 12.6 Å². The molecule has 0 aliphatic carbocycles. The monoisotopic (exact) mass is 301 g/mol. The molecule has 0 aliphatic rings. The lowest BCUT2D eigenvalue weighted by atomic mass is 9.98. The van der Waals surface area contributed by atoms with Crippen molar-refractivity contribution < 1.29 is 0 Å². The summed E-state index contributed by atoms with van der Waals surface area (Å²) in [6.45, 7) is 5.37. The first kappa shape index (κ1) is 16.1. The lowest BCUT2D eigenvalue weighted by molar-refractivity contribution is 0.505. The fraction of sp³-hybridized carbons (Fsp3) is 0.368. The average Bonchev–Trinajstić information content (AvgIpc) is 2.49. The Bertz CT molecular complexity index is 548. The number of rotatable bonds is 7. The van der Waals surface area contributed by atoms with Gasteiger partial charge in [-0.15, -0.1) is 0 Å². The molecule has 1 atom stereocenters. The Morgan fingerprint density at radius 3 is 2.38 bits per heavy atom. The molecule has 0 amide bonds. The van der Waals surface area contributed by atoms with E-state index in [1.54, 1.807) is 0 Å². The van der Waals surface area contributed by atoms with Gasteiger partial charge in [0.05, 0.1) is 0 Å². The van der Waals surface area contributed by atoms with E-state index in [-0.39, 0.29) is 0 Å². The zero-order chi connectivity index (χ0) is 15.1. The van der Waals surface area contributed by atoms with Gasteiger partial charge in [-0.1, -0.05) is 66.6 Å². The summed E-state index contributed by atoms with van der Waals surface area (Å²) in [6.07, 6.45) is 3.14. The summed E-state index contributed by atoms with van der Waals surface area (Å²) in [5.74, 6) is 0. The minimum Gasteiger partial charge on any atom is -0.313 e. The molecule has 0 bridgehead atoms. The third-order valence-corrected chi connectivity index (χ3v) is 4.08. The Kier molecular flexibility index (Phi) is 6.28. The molecular formula is C19H24ClN. The second kappa shape index (κ2) is 8.21. The van der Waals surface area contributed by atoms with Crippen LogP contribution in [0.15, 0.2) is 48.5 Å². The van der Waals surface area contributed by atoms with Gasteiger partial charge in [0.15, 0.2) is 0 Å². The SMILES string of the molecule is CCCNC(Cc1ccc(C)cc1)Cc1ccccc1Cl. The zero-order valence-electron chi connectivity index (χ0n) is 12.9. The summed E-state index contributed by atoms with van der Waals surface area (Å²) < 4.78 is 0. The van der Waals surface area contributed by atoms with E-state index >= 15 is 0 Å². The molecule has 0 saturated heterocycles. The number of aryl methyl sites for hydroxylation is 1. The van der Waals surface area contributed by atoms with Gasteiger partial charge in [-0.3, -0.25) is 0 Å². The quantitative estimate of drug-likeness (QED) is 0.774. The first-order chi connectivity index (χ1) is 10.2. The van der Waals surface area contributed by atoms with Crippen LogP contribution in [0.1, 0.15) is 30.0 Å². The predicted molar refractivity (Wildman–Crippen MR) is 92.1 cm³/mol. The molecule has 2 heteroatoms. The van der Waals surface area contributed by atoms with Gasteiger partial charge in [-0.2, -0.15) is 0 Å². The maximum Gasteiger partial charge on any atom is 0.0438 e. The average molecular weight is 302 g/mol. The molecule has 112 valence electrons. The normalized spacial score (nSPS) is 12.3. The van der Waals surface area contributed by atoms with Crippen LogP contribution in [0.5, 0.6) is 0 Å². The largest absolute Gasteiger partial charge is 0.313 e. The topological polar surface area (TPSA) is 12.0 Å². The van der Waals surface area contributed by atoms with E-state index in [1.807, 2.05) is 12.1 Å². The summed E-state index contributed by atoms with van der Waals surface area (Å²) in [5, 5.41) is 4.52. The minimum atomic E-state index is 0.424. The Morgan fingerprint density at radius 1 is 1.00 bits per heavy atom. The van der Waals surface area contributed by atoms with Crippen molar-refractivity contribution in [1.82, 2.24) is 5.32 Å². The summed E-state index contributed by atoms with van der Waals surface area (Å²) >= 11 is 6.30. The van der Waals surface area contributed by atoms with Gasteiger partial charge < -0.3 is 5.32 Å². The van der Waals surface area contributed by atoms with Crippen LogP contribution in [0.2, 0.25) is 5.02 Å². The lowest BCUT2D eigenvalue weighted by Crippen LogP contribution is -2.33. The first-order valence-electron chi connectivity index (χ1n) is 7.71. The second-order valence-corrected chi connectivity index (χ2v) is 6.04. The van der Waals surface area contributed by atoms with Crippen LogP contribution in [0.3, 0.4) is 0 Å². The maximum atomic E-state index is 6.30. The van der Waals surface area contributed by atoms with Gasteiger partial charge in [0.1, 0.15) is 0 Å². The minimum absolute atomic E-state index is 0.424. The predicted octanol–water partition coefficient (Wildman–Crippen LogP) is 4.80. The Morgan fingerprint density at radius 2 is 1.71 bits per heavy atom. The van der Waals surface area contributed by atoms with Gasteiger partial charge in [0.25, 0.3) is 0 Å². The molecule has 1 nitrogen and oxygen atoms in total. The van der Waals surface area contributed by atoms with Gasteiger partial charge >= 0.3 is 0 Å². The van der Waals surface area contributed by atoms with Crippen LogP contribution in [-0.2, 0) is 12.8 Å². The van der Waals surface area contributed by atoms with Crippen molar-refractivity contribution in [1.29, 1.82) is 0 Å². The van der Waals surface area contributed by atoms with Gasteiger partial charge in [-0.05, 0) is 49.9 Å². The Labute approximate surface area is 133 Å². The number of hydrogen-bond acceptors (Lipinski definition) is 1. The summed E-state index contributed by atoms with van der Waals surface area (Å²) in [7, 11) is 0. The molecule has 2 aromatic carbocycles. The third kappa shape index (κ3) is 5.18. The highest BCUT2D eigenvalue weighted by Crippen LogP contribution is 2.18. The Balaban J connectivity index is 2.07. The van der Waals surface area contributed by atoms with Crippen molar-refractivity contribution in [2.75, 3.05) is 6.54 Å². The van der Waals surface area contributed by atoms with Gasteiger partial charge in [-0.25, -0.2) is 0 Å². The summed E-state index contributed by atoms with van der Waals surface area (Å²) in [6, 6.07) is 17.4. The van der Waals surface area contributed by atoms with E-state index in [4.69, 9.17) is 11.6 Å². The fourth-order valence-corrected chi connectivity index (χ4v) is 2.72. The fourth-order valence-electron chi connectivity index (χ4n) is 2.50. The molecule has 0 spiro atoms. The summed E-state index contributed by atoms with van der Waals surface area (Å²) in [5.41, 5.74) is 3.91. The maximum absolute atomic E-state index is 6.30. The van der Waals surface area contributed by atoms with E-state index in [1.165, 1.54) is 16.7 Å². The molecule has 0 radical (unpaired) electrons. The second-order valence-electron chi connectivity index (χ2n) is 5.64. The smallest absolute Gasteiger partial charge is 0.0438 e. The molecule has 0 fully saturated rings. The van der Waals surface area contributed by atoms with E-state index in [9.17, 15) is 0 Å². The highest BCUT2D eigenvalue weighted by atomic mass is 35.5. The highest BCUT2D eigenvalue weighted by Gasteiger charge is 2.11. The molecule has 1 unspecified atom stereocenters. The van der Waals surface area contributed by atoms with Crippen molar-refractivity contribution in [2.24, 2.45) is 0 Å². The van der Waals surface area contributed by atoms with Crippen molar-refractivity contribution in [2.45, 2.75) is 39.2 Å². The first-order valence-corrected chi connectivity index (χ1v) is 8.09. The zero-order valence-corrected chi connectivity index (χ0v) is 13.7. The molecule has 0 saturated carbocycles. The summed E-state index contributed by atoms with van der Waals surface area (Å²) in [4.78, 5) is 0. The molecule has 2 aromatic rings. The van der Waals surface area contributed by atoms with Crippen molar-refractivity contribution in [3.63, 3.8) is 0 Å². The highest BCUT2D eigenvalue weighted by molar-refractivity contribution is 6.31. The molecule has 0 heterocycles. The van der Waals surface area contributed by atoms with E-state index < -0.39 is 0 Å². The van der Waals surface area contributed by atoms with Crippen molar-refractivity contribution >= 4 is 11.6 Å². The Hall–Kier alpha value is -1.31. The van der Waals surface area contributed by atoms with Crippen LogP contribution in [0, 0.1) is 6.92 Å². The number of benzene rings is 2. The van der Waals surface area contributed by atoms with E-state index in [2.05, 4.69) is 55.6 Å². The van der Waals surface area contributed by atoms with E-state index in [0.717, 1.165) is 30.8 Å².